The fourth-order valence-electron chi connectivity index (χ4n) is 2.29. The van der Waals surface area contributed by atoms with E-state index in [-0.39, 0.29) is 34.6 Å². The molecule has 0 aliphatic heterocycles. The standard InChI is InChI=1S/C18H21FN2O4S/c1-12(2)21-26(23,24)17-10-14(6-9-16(17)25-3)18(22)20-11-13-4-7-15(19)8-5-13/h4-10,12,21H,11H2,1-3H3,(H,20,22). The van der Waals surface area contributed by atoms with Crippen LogP contribution in [-0.2, 0) is 16.6 Å². The number of carbonyl (C=O) groups is 1. The number of rotatable bonds is 7. The lowest BCUT2D eigenvalue weighted by Gasteiger charge is -2.14. The van der Waals surface area contributed by atoms with Crippen LogP contribution in [-0.4, -0.2) is 27.5 Å². The van der Waals surface area contributed by atoms with Gasteiger partial charge < -0.3 is 10.1 Å². The maximum Gasteiger partial charge on any atom is 0.251 e. The minimum atomic E-state index is -3.83. The van der Waals surface area contributed by atoms with Crippen LogP contribution in [0.1, 0.15) is 29.8 Å². The van der Waals surface area contributed by atoms with E-state index in [2.05, 4.69) is 10.0 Å². The molecule has 2 aromatic carbocycles. The molecule has 0 aliphatic rings. The number of halogens is 1. The van der Waals surface area contributed by atoms with Crippen molar-refractivity contribution in [3.8, 4) is 5.75 Å². The van der Waals surface area contributed by atoms with Gasteiger partial charge in [0.05, 0.1) is 7.11 Å². The second-order valence-corrected chi connectivity index (χ2v) is 7.63. The average molecular weight is 380 g/mol. The highest BCUT2D eigenvalue weighted by Crippen LogP contribution is 2.25. The van der Waals surface area contributed by atoms with Gasteiger partial charge in [0.25, 0.3) is 5.91 Å². The number of nitrogens with one attached hydrogen (secondary N) is 2. The van der Waals surface area contributed by atoms with Crippen LogP contribution in [0.15, 0.2) is 47.4 Å². The Kier molecular flexibility index (Phi) is 6.33. The van der Waals surface area contributed by atoms with Crippen LogP contribution < -0.4 is 14.8 Å². The molecular weight excluding hydrogens is 359 g/mol. The minimum Gasteiger partial charge on any atom is -0.495 e. The highest BCUT2D eigenvalue weighted by molar-refractivity contribution is 7.89. The summed E-state index contributed by atoms with van der Waals surface area (Å²) in [6.45, 7) is 3.59. The molecule has 1 amide bonds. The van der Waals surface area contributed by atoms with Gasteiger partial charge in [0.15, 0.2) is 0 Å². The molecule has 0 aliphatic carbocycles. The Morgan fingerprint density at radius 1 is 1.15 bits per heavy atom. The van der Waals surface area contributed by atoms with Gasteiger partial charge >= 0.3 is 0 Å². The van der Waals surface area contributed by atoms with Gasteiger partial charge in [0, 0.05) is 18.2 Å². The topological polar surface area (TPSA) is 84.5 Å². The molecule has 2 aromatic rings. The molecule has 8 heteroatoms. The van der Waals surface area contributed by atoms with Crippen molar-refractivity contribution in [1.82, 2.24) is 10.0 Å². The second kappa shape index (κ2) is 8.29. The van der Waals surface area contributed by atoms with Crippen molar-refractivity contribution in [2.75, 3.05) is 7.11 Å². The van der Waals surface area contributed by atoms with Gasteiger partial charge in [-0.05, 0) is 49.7 Å². The first-order valence-corrected chi connectivity index (χ1v) is 9.44. The first kappa shape index (κ1) is 19.9. The van der Waals surface area contributed by atoms with Crippen molar-refractivity contribution < 1.29 is 22.3 Å². The van der Waals surface area contributed by atoms with Gasteiger partial charge in [-0.1, -0.05) is 12.1 Å². The zero-order valence-corrected chi connectivity index (χ0v) is 15.6. The molecular formula is C18H21FN2O4S. The Balaban J connectivity index is 2.22. The van der Waals surface area contributed by atoms with Crippen molar-refractivity contribution in [1.29, 1.82) is 0 Å². The summed E-state index contributed by atoms with van der Waals surface area (Å²) >= 11 is 0. The van der Waals surface area contributed by atoms with E-state index >= 15 is 0 Å². The maximum absolute atomic E-state index is 12.9. The summed E-state index contributed by atoms with van der Waals surface area (Å²) in [4.78, 5) is 12.2. The first-order valence-electron chi connectivity index (χ1n) is 7.96. The normalized spacial score (nSPS) is 11.4. The highest BCUT2D eigenvalue weighted by Gasteiger charge is 2.22. The van der Waals surface area contributed by atoms with Gasteiger partial charge in [0.2, 0.25) is 10.0 Å². The van der Waals surface area contributed by atoms with E-state index in [0.717, 1.165) is 5.56 Å². The molecule has 0 unspecified atom stereocenters. The second-order valence-electron chi connectivity index (χ2n) is 5.95. The summed E-state index contributed by atoms with van der Waals surface area (Å²) in [6.07, 6.45) is 0. The van der Waals surface area contributed by atoms with E-state index in [1.165, 1.54) is 37.4 Å². The number of methoxy groups -OCH3 is 1. The predicted octanol–water partition coefficient (Wildman–Crippen LogP) is 2.45. The van der Waals surface area contributed by atoms with Crippen LogP contribution in [0.2, 0.25) is 0 Å². The molecule has 0 saturated carbocycles. The van der Waals surface area contributed by atoms with Crippen LogP contribution in [0.3, 0.4) is 0 Å². The monoisotopic (exact) mass is 380 g/mol. The summed E-state index contributed by atoms with van der Waals surface area (Å²) < 4.78 is 45.4. The van der Waals surface area contributed by atoms with Crippen molar-refractivity contribution >= 4 is 15.9 Å². The van der Waals surface area contributed by atoms with E-state index in [1.807, 2.05) is 0 Å². The Hall–Kier alpha value is -2.45. The lowest BCUT2D eigenvalue weighted by molar-refractivity contribution is 0.0950. The Labute approximate surface area is 152 Å². The molecule has 140 valence electrons. The van der Waals surface area contributed by atoms with E-state index in [9.17, 15) is 17.6 Å². The molecule has 0 aromatic heterocycles. The lowest BCUT2D eigenvalue weighted by atomic mass is 10.2. The fourth-order valence-corrected chi connectivity index (χ4v) is 3.73. The summed E-state index contributed by atoms with van der Waals surface area (Å²) in [5.74, 6) is -0.658. The van der Waals surface area contributed by atoms with Gasteiger partial charge in [0.1, 0.15) is 16.5 Å². The van der Waals surface area contributed by atoms with Gasteiger partial charge in [-0.2, -0.15) is 0 Å². The zero-order valence-electron chi connectivity index (χ0n) is 14.7. The molecule has 2 rings (SSSR count). The molecule has 0 atom stereocenters. The predicted molar refractivity (Wildman–Crippen MR) is 96.0 cm³/mol. The summed E-state index contributed by atoms with van der Waals surface area (Å²) in [6, 6.07) is 9.60. The van der Waals surface area contributed by atoms with Crippen molar-refractivity contribution in [3.05, 3.63) is 59.4 Å². The van der Waals surface area contributed by atoms with Crippen molar-refractivity contribution in [2.45, 2.75) is 31.3 Å². The third-order valence-corrected chi connectivity index (χ3v) is 5.15. The van der Waals surface area contributed by atoms with Crippen LogP contribution >= 0.6 is 0 Å². The van der Waals surface area contributed by atoms with E-state index in [4.69, 9.17) is 4.74 Å². The van der Waals surface area contributed by atoms with E-state index < -0.39 is 15.9 Å². The average Bonchev–Trinajstić information content (AvgIpc) is 2.59. The Morgan fingerprint density at radius 2 is 1.81 bits per heavy atom. The molecule has 6 nitrogen and oxygen atoms in total. The third-order valence-electron chi connectivity index (χ3n) is 3.47. The molecule has 0 saturated heterocycles. The maximum atomic E-state index is 12.9. The molecule has 0 spiro atoms. The third kappa shape index (κ3) is 5.03. The molecule has 0 heterocycles. The summed E-state index contributed by atoms with van der Waals surface area (Å²) in [5, 5.41) is 2.67. The number of carbonyl (C=O) groups excluding carboxylic acids is 1. The molecule has 0 radical (unpaired) electrons. The molecule has 0 fully saturated rings. The van der Waals surface area contributed by atoms with Crippen molar-refractivity contribution in [2.24, 2.45) is 0 Å². The van der Waals surface area contributed by atoms with Gasteiger partial charge in [-0.3, -0.25) is 4.79 Å². The minimum absolute atomic E-state index is 0.108. The summed E-state index contributed by atoms with van der Waals surface area (Å²) in [7, 11) is -2.47. The number of benzene rings is 2. The number of ether oxygens (including phenoxy) is 1. The number of hydrogen-bond donors (Lipinski definition) is 2. The molecule has 2 N–H and O–H groups in total. The Morgan fingerprint density at radius 3 is 2.38 bits per heavy atom. The van der Waals surface area contributed by atoms with Crippen molar-refractivity contribution in [3.63, 3.8) is 0 Å². The number of sulfonamides is 1. The molecule has 0 bridgehead atoms. The quantitative estimate of drug-likeness (QED) is 0.773. The Bertz CT molecular complexity index is 881. The first-order chi connectivity index (χ1) is 12.2. The zero-order chi connectivity index (χ0) is 19.3. The summed E-state index contributed by atoms with van der Waals surface area (Å²) in [5.41, 5.74) is 0.902. The van der Waals surface area contributed by atoms with E-state index in [1.54, 1.807) is 26.0 Å². The molecule has 26 heavy (non-hydrogen) atoms. The van der Waals surface area contributed by atoms with Crippen LogP contribution in [0.25, 0.3) is 0 Å². The van der Waals surface area contributed by atoms with Gasteiger partial charge in [-0.25, -0.2) is 17.5 Å². The fraction of sp³-hybridized carbons (Fsp3) is 0.278. The van der Waals surface area contributed by atoms with Crippen LogP contribution in [0.5, 0.6) is 5.75 Å². The SMILES string of the molecule is COc1ccc(C(=O)NCc2ccc(F)cc2)cc1S(=O)(=O)NC(C)C. The largest absolute Gasteiger partial charge is 0.495 e. The van der Waals surface area contributed by atoms with Crippen LogP contribution in [0, 0.1) is 5.82 Å². The number of hydrogen-bond acceptors (Lipinski definition) is 4. The van der Waals surface area contributed by atoms with Crippen LogP contribution in [0.4, 0.5) is 4.39 Å². The smallest absolute Gasteiger partial charge is 0.251 e. The van der Waals surface area contributed by atoms with Gasteiger partial charge in [-0.15, -0.1) is 0 Å². The highest BCUT2D eigenvalue weighted by atomic mass is 32.2. The lowest BCUT2D eigenvalue weighted by Crippen LogP contribution is -2.31. The van der Waals surface area contributed by atoms with E-state index in [0.29, 0.717) is 0 Å². The number of amides is 1.